The largest absolute Gasteiger partial charge is 0.379 e. The molecule has 3 saturated carbocycles. The number of halogens is 1. The van der Waals surface area contributed by atoms with Gasteiger partial charge in [0.05, 0.1) is 52.1 Å². The normalized spacial score (nSPS) is 22.5. The van der Waals surface area contributed by atoms with E-state index < -0.39 is 17.7 Å². The molecule has 3 aliphatic carbocycles. The highest BCUT2D eigenvalue weighted by atomic mass is 19.1. The van der Waals surface area contributed by atoms with Crippen molar-refractivity contribution in [2.45, 2.75) is 62.9 Å². The number of carbonyl (C=O) groups excluding carboxylic acids is 2. The predicted molar refractivity (Wildman–Crippen MR) is 138 cm³/mol. The molecule has 3 heterocycles. The second-order valence-electron chi connectivity index (χ2n) is 10.9. The molecule has 2 bridgehead atoms. The number of nitriles is 1. The Bertz CT molecular complexity index is 1460. The van der Waals surface area contributed by atoms with Gasteiger partial charge in [0.15, 0.2) is 0 Å². The number of fused-ring (bicyclic) bond motifs is 1. The SMILES string of the molecule is COC(C)(C)C(F)CNC(=O)c1cnc(-c2ccc3cc(C#N)cnn23)cc1NC12CC(NC(C)=O)(C1)C2. The summed E-state index contributed by atoms with van der Waals surface area (Å²) in [7, 11) is 1.43. The van der Waals surface area contributed by atoms with Crippen LogP contribution in [0.2, 0.25) is 0 Å². The molecule has 38 heavy (non-hydrogen) atoms. The molecule has 10 nitrogen and oxygen atoms in total. The monoisotopic (exact) mass is 519 g/mol. The highest BCUT2D eigenvalue weighted by Gasteiger charge is 2.68. The minimum Gasteiger partial charge on any atom is -0.379 e. The van der Waals surface area contributed by atoms with E-state index in [-0.39, 0.29) is 29.1 Å². The van der Waals surface area contributed by atoms with E-state index >= 15 is 0 Å². The van der Waals surface area contributed by atoms with Crippen molar-refractivity contribution in [3.05, 3.63) is 47.8 Å². The average Bonchev–Trinajstić information content (AvgIpc) is 3.27. The summed E-state index contributed by atoms with van der Waals surface area (Å²) in [5.41, 5.74) is 1.83. The lowest BCUT2D eigenvalue weighted by atomic mass is 9.44. The molecule has 3 aromatic heterocycles. The zero-order valence-corrected chi connectivity index (χ0v) is 21.8. The van der Waals surface area contributed by atoms with Crippen molar-refractivity contribution < 1.29 is 18.7 Å². The van der Waals surface area contributed by atoms with Crippen LogP contribution in [0.1, 0.15) is 56.0 Å². The number of hydrogen-bond acceptors (Lipinski definition) is 7. The van der Waals surface area contributed by atoms with Crippen LogP contribution in [0.15, 0.2) is 36.7 Å². The number of rotatable bonds is 9. The van der Waals surface area contributed by atoms with E-state index in [9.17, 15) is 19.2 Å². The van der Waals surface area contributed by atoms with Gasteiger partial charge >= 0.3 is 0 Å². The second kappa shape index (κ2) is 9.06. The van der Waals surface area contributed by atoms with Crippen molar-refractivity contribution in [2.24, 2.45) is 0 Å². The first-order valence-corrected chi connectivity index (χ1v) is 12.4. The summed E-state index contributed by atoms with van der Waals surface area (Å²) in [5.74, 6) is -0.516. The van der Waals surface area contributed by atoms with Gasteiger partial charge in [0.1, 0.15) is 12.2 Å². The van der Waals surface area contributed by atoms with Crippen LogP contribution in [0, 0.1) is 11.3 Å². The molecule has 3 fully saturated rings. The molecule has 0 aliphatic heterocycles. The third kappa shape index (κ3) is 4.45. The number of pyridine rings is 1. The first-order chi connectivity index (χ1) is 18.0. The minimum atomic E-state index is -1.41. The molecule has 198 valence electrons. The Labute approximate surface area is 219 Å². The minimum absolute atomic E-state index is 0.0588. The Hall–Kier alpha value is -4.04. The summed E-state index contributed by atoms with van der Waals surface area (Å²) in [6.07, 6.45) is 3.79. The van der Waals surface area contributed by atoms with Crippen LogP contribution >= 0.6 is 0 Å². The zero-order chi connectivity index (χ0) is 27.3. The number of hydrogen-bond donors (Lipinski definition) is 3. The molecule has 0 radical (unpaired) electrons. The summed E-state index contributed by atoms with van der Waals surface area (Å²) in [6.45, 7) is 4.54. The number of aromatic nitrogens is 3. The number of carbonyl (C=O) groups is 2. The van der Waals surface area contributed by atoms with Crippen LogP contribution in [0.4, 0.5) is 10.1 Å². The molecule has 1 unspecified atom stereocenters. The molecular formula is C27H30FN7O3. The van der Waals surface area contributed by atoms with Crippen LogP contribution in [0.3, 0.4) is 0 Å². The summed E-state index contributed by atoms with van der Waals surface area (Å²) in [5, 5.41) is 22.7. The standard InChI is InChI=1S/C27H30FN7O3/c1-16(36)33-26-13-27(14-26,15-26)34-20-8-21(22-6-5-18-7-17(9-29)10-32-35(18)22)30-11-19(20)24(37)31-12-23(28)25(2,3)38-4/h5-8,10-11,23H,12-15H2,1-4H3,(H,30,34)(H,31,37)(H,33,36). The summed E-state index contributed by atoms with van der Waals surface area (Å²) >= 11 is 0. The highest BCUT2D eigenvalue weighted by Crippen LogP contribution is 2.62. The third-order valence-corrected chi connectivity index (χ3v) is 7.63. The van der Waals surface area contributed by atoms with E-state index in [1.807, 2.05) is 12.1 Å². The fourth-order valence-corrected chi connectivity index (χ4v) is 5.50. The van der Waals surface area contributed by atoms with E-state index in [1.54, 1.807) is 30.5 Å². The van der Waals surface area contributed by atoms with Crippen molar-refractivity contribution in [1.29, 1.82) is 5.26 Å². The van der Waals surface area contributed by atoms with Gasteiger partial charge in [-0.25, -0.2) is 8.91 Å². The van der Waals surface area contributed by atoms with Gasteiger partial charge in [0.25, 0.3) is 5.91 Å². The lowest BCUT2D eigenvalue weighted by molar-refractivity contribution is -0.131. The van der Waals surface area contributed by atoms with Crippen LogP contribution in [-0.4, -0.2) is 62.9 Å². The van der Waals surface area contributed by atoms with Crippen molar-refractivity contribution in [3.8, 4) is 17.5 Å². The number of anilines is 1. The molecular weight excluding hydrogens is 489 g/mol. The number of methoxy groups -OCH3 is 1. The topological polar surface area (TPSA) is 133 Å². The van der Waals surface area contributed by atoms with Gasteiger partial charge in [0, 0.05) is 31.3 Å². The first-order valence-electron chi connectivity index (χ1n) is 12.4. The summed E-state index contributed by atoms with van der Waals surface area (Å²) in [6, 6.07) is 9.29. The third-order valence-electron chi connectivity index (χ3n) is 7.63. The average molecular weight is 520 g/mol. The van der Waals surface area contributed by atoms with E-state index in [1.165, 1.54) is 26.4 Å². The van der Waals surface area contributed by atoms with Gasteiger partial charge in [-0.05, 0) is 57.4 Å². The Morgan fingerprint density at radius 2 is 1.97 bits per heavy atom. The van der Waals surface area contributed by atoms with E-state index in [0.717, 1.165) is 24.8 Å². The maximum atomic E-state index is 14.7. The maximum absolute atomic E-state index is 14.7. The predicted octanol–water partition coefficient (Wildman–Crippen LogP) is 2.98. The van der Waals surface area contributed by atoms with E-state index in [0.29, 0.717) is 22.6 Å². The van der Waals surface area contributed by atoms with Crippen LogP contribution in [-0.2, 0) is 9.53 Å². The van der Waals surface area contributed by atoms with Gasteiger partial charge in [-0.15, -0.1) is 0 Å². The van der Waals surface area contributed by atoms with Crippen LogP contribution in [0.5, 0.6) is 0 Å². The molecule has 0 aromatic carbocycles. The lowest BCUT2D eigenvalue weighted by Gasteiger charge is -2.70. The highest BCUT2D eigenvalue weighted by molar-refractivity contribution is 6.00. The fraction of sp³-hybridized carbons (Fsp3) is 0.444. The molecule has 3 N–H and O–H groups in total. The number of amides is 2. The first kappa shape index (κ1) is 25.6. The lowest BCUT2D eigenvalue weighted by Crippen LogP contribution is -2.81. The molecule has 3 aliphatic rings. The van der Waals surface area contributed by atoms with Gasteiger partial charge in [0.2, 0.25) is 5.91 Å². The van der Waals surface area contributed by atoms with Gasteiger partial charge in [-0.2, -0.15) is 10.4 Å². The number of nitrogens with zero attached hydrogens (tertiary/aromatic N) is 4. The molecule has 3 aromatic rings. The Balaban J connectivity index is 1.43. The van der Waals surface area contributed by atoms with Crippen molar-refractivity contribution in [1.82, 2.24) is 25.2 Å². The quantitative estimate of drug-likeness (QED) is 0.396. The Morgan fingerprint density at radius 3 is 2.63 bits per heavy atom. The fourth-order valence-electron chi connectivity index (χ4n) is 5.50. The molecule has 0 spiro atoms. The van der Waals surface area contributed by atoms with E-state index in [4.69, 9.17) is 4.74 Å². The number of nitrogens with one attached hydrogen (secondary N) is 3. The number of ether oxygens (including phenoxy) is 1. The van der Waals surface area contributed by atoms with Crippen molar-refractivity contribution >= 4 is 23.0 Å². The van der Waals surface area contributed by atoms with Gasteiger partial charge < -0.3 is 20.7 Å². The van der Waals surface area contributed by atoms with Crippen LogP contribution < -0.4 is 16.0 Å². The zero-order valence-electron chi connectivity index (χ0n) is 21.8. The molecule has 6 rings (SSSR count). The van der Waals surface area contributed by atoms with Gasteiger partial charge in [-0.3, -0.25) is 14.6 Å². The van der Waals surface area contributed by atoms with Crippen LogP contribution in [0.25, 0.3) is 16.9 Å². The molecule has 1 atom stereocenters. The molecule has 11 heteroatoms. The van der Waals surface area contributed by atoms with Crippen molar-refractivity contribution in [2.75, 3.05) is 19.0 Å². The molecule has 2 amide bonds. The molecule has 0 saturated heterocycles. The second-order valence-corrected chi connectivity index (χ2v) is 10.9. The Kier molecular flexibility index (Phi) is 6.10. The maximum Gasteiger partial charge on any atom is 0.255 e. The smallest absolute Gasteiger partial charge is 0.255 e. The summed E-state index contributed by atoms with van der Waals surface area (Å²) in [4.78, 5) is 29.3. The van der Waals surface area contributed by atoms with Gasteiger partial charge in [-0.1, -0.05) is 0 Å². The number of alkyl halides is 1. The van der Waals surface area contributed by atoms with Crippen molar-refractivity contribution in [3.63, 3.8) is 0 Å². The Morgan fingerprint density at radius 1 is 1.24 bits per heavy atom. The van der Waals surface area contributed by atoms with E-state index in [2.05, 4.69) is 32.1 Å². The summed E-state index contributed by atoms with van der Waals surface area (Å²) < 4.78 is 21.5.